The number of hydrogen-bond donors (Lipinski definition) is 5. The van der Waals surface area contributed by atoms with Gasteiger partial charge in [0.05, 0.1) is 25.9 Å². The lowest BCUT2D eigenvalue weighted by Crippen LogP contribution is -2.29. The molecule has 0 fully saturated rings. The average Bonchev–Trinajstić information content (AvgIpc) is 3.10. The lowest BCUT2D eigenvalue weighted by Gasteiger charge is -2.20. The van der Waals surface area contributed by atoms with E-state index < -0.39 is 72.3 Å². The second kappa shape index (κ2) is 33.2. The van der Waals surface area contributed by atoms with E-state index in [4.69, 9.17) is 23.8 Å². The summed E-state index contributed by atoms with van der Waals surface area (Å²) in [6.07, 6.45) is 26.2. The number of allylic oxidation sites excluding steroid dienone is 6. The Balaban J connectivity index is 4.77. The van der Waals surface area contributed by atoms with Crippen LogP contribution in [0.25, 0.3) is 0 Å². The van der Waals surface area contributed by atoms with Gasteiger partial charge in [0.15, 0.2) is 6.10 Å². The lowest BCUT2D eigenvalue weighted by atomic mass is 10.0. The molecular formula is C38H68O14P2. The predicted molar refractivity (Wildman–Crippen MR) is 208 cm³/mol. The smallest absolute Gasteiger partial charge is 0.462 e. The van der Waals surface area contributed by atoms with Gasteiger partial charge in [0.25, 0.3) is 0 Å². The molecule has 5 N–H and O–H groups in total. The van der Waals surface area contributed by atoms with Gasteiger partial charge in [-0.2, -0.15) is 0 Å². The minimum atomic E-state index is -4.87. The number of aliphatic hydroxyl groups is 2. The molecule has 0 heterocycles. The van der Waals surface area contributed by atoms with Crippen LogP contribution in [-0.2, 0) is 41.8 Å². The van der Waals surface area contributed by atoms with Gasteiger partial charge in [0, 0.05) is 12.8 Å². The Bertz CT molecular complexity index is 1180. The highest BCUT2D eigenvalue weighted by molar-refractivity contribution is 7.47. The maximum Gasteiger partial charge on any atom is 0.472 e. The van der Waals surface area contributed by atoms with Crippen molar-refractivity contribution in [2.24, 2.45) is 5.92 Å². The standard InChI is InChI=1S/C38H68O14P2/c1-4-5-6-7-8-9-10-15-20-25-34(39)26-21-16-13-18-23-28-38(42)52-36(31-48-37(41)27-22-17-12-11-14-19-24-33(2)3)32-51-54(46,47)50-30-35(40)29-49-53(43,44)45/h8-9,13,15-16,20-21,26,33-36,39-40H,4-7,10-12,14,17-19,22-25,27-32H2,1-3H3,(H,46,47)(H2,43,44,45)/b9-8-,16-13+,20-15-,26-21-/t34?,35-,36+/m0/s1. The molecule has 0 saturated heterocycles. The summed E-state index contributed by atoms with van der Waals surface area (Å²) < 4.78 is 47.4. The van der Waals surface area contributed by atoms with Gasteiger partial charge in [-0.25, -0.2) is 9.13 Å². The summed E-state index contributed by atoms with van der Waals surface area (Å²) in [5, 5.41) is 19.8. The molecule has 0 radical (unpaired) electrons. The molecule has 0 aromatic carbocycles. The Morgan fingerprint density at radius 2 is 1.30 bits per heavy atom. The van der Waals surface area contributed by atoms with Crippen LogP contribution in [0, 0.1) is 5.92 Å². The summed E-state index contributed by atoms with van der Waals surface area (Å²) in [7, 11) is -9.71. The summed E-state index contributed by atoms with van der Waals surface area (Å²) in [5.41, 5.74) is 0. The number of unbranched alkanes of at least 4 members (excludes halogenated alkanes) is 9. The van der Waals surface area contributed by atoms with Gasteiger partial charge in [-0.05, 0) is 50.9 Å². The van der Waals surface area contributed by atoms with E-state index in [0.29, 0.717) is 31.6 Å². The van der Waals surface area contributed by atoms with Crippen molar-refractivity contribution in [1.82, 2.24) is 0 Å². The maximum absolute atomic E-state index is 12.6. The van der Waals surface area contributed by atoms with Crippen LogP contribution in [0.1, 0.15) is 130 Å². The number of phosphoric acid groups is 2. The summed E-state index contributed by atoms with van der Waals surface area (Å²) in [6.45, 7) is 3.73. The Morgan fingerprint density at radius 1 is 0.667 bits per heavy atom. The molecule has 0 aromatic heterocycles. The number of carbonyl (C=O) groups is 2. The van der Waals surface area contributed by atoms with Gasteiger partial charge in [-0.15, -0.1) is 0 Å². The van der Waals surface area contributed by atoms with Crippen LogP contribution in [-0.4, -0.2) is 81.6 Å². The fourth-order valence-corrected chi connectivity index (χ4v) is 5.88. The number of ether oxygens (including phenoxy) is 2. The summed E-state index contributed by atoms with van der Waals surface area (Å²) in [4.78, 5) is 52.4. The quantitative estimate of drug-likeness (QED) is 0.0135. The Morgan fingerprint density at radius 3 is 2.00 bits per heavy atom. The molecule has 314 valence electrons. The van der Waals surface area contributed by atoms with Gasteiger partial charge in [0.2, 0.25) is 0 Å². The van der Waals surface area contributed by atoms with E-state index in [-0.39, 0.29) is 12.8 Å². The highest BCUT2D eigenvalue weighted by atomic mass is 31.2. The van der Waals surface area contributed by atoms with Crippen molar-refractivity contribution in [2.45, 2.75) is 148 Å². The van der Waals surface area contributed by atoms with Crippen LogP contribution >= 0.6 is 15.6 Å². The number of hydrogen-bond acceptors (Lipinski definition) is 11. The summed E-state index contributed by atoms with van der Waals surface area (Å²) in [6, 6.07) is 0. The molecule has 0 rings (SSSR count). The molecule has 54 heavy (non-hydrogen) atoms. The third kappa shape index (κ3) is 37.0. The van der Waals surface area contributed by atoms with E-state index in [0.717, 1.165) is 38.5 Å². The predicted octanol–water partition coefficient (Wildman–Crippen LogP) is 7.94. The number of carbonyl (C=O) groups excluding carboxylic acids is 2. The molecule has 0 aliphatic rings. The van der Waals surface area contributed by atoms with Gasteiger partial charge in [-0.1, -0.05) is 121 Å². The Kier molecular flexibility index (Phi) is 32.0. The monoisotopic (exact) mass is 810 g/mol. The van der Waals surface area contributed by atoms with Crippen molar-refractivity contribution in [3.63, 3.8) is 0 Å². The average molecular weight is 811 g/mol. The van der Waals surface area contributed by atoms with Crippen LogP contribution in [0.4, 0.5) is 0 Å². The van der Waals surface area contributed by atoms with Gasteiger partial charge in [-0.3, -0.25) is 23.2 Å². The third-order valence-electron chi connectivity index (χ3n) is 7.72. The summed E-state index contributed by atoms with van der Waals surface area (Å²) >= 11 is 0. The first-order valence-electron chi connectivity index (χ1n) is 19.3. The first-order valence-corrected chi connectivity index (χ1v) is 22.3. The van der Waals surface area contributed by atoms with E-state index >= 15 is 0 Å². The second-order valence-corrected chi connectivity index (χ2v) is 16.2. The Hall–Kier alpha value is -1.96. The molecule has 0 amide bonds. The number of esters is 2. The molecular weight excluding hydrogens is 742 g/mol. The molecule has 0 spiro atoms. The molecule has 14 nitrogen and oxygen atoms in total. The zero-order valence-corrected chi connectivity index (χ0v) is 34.4. The van der Waals surface area contributed by atoms with Crippen molar-refractivity contribution in [2.75, 3.05) is 26.4 Å². The summed E-state index contributed by atoms with van der Waals surface area (Å²) in [5.74, 6) is -0.483. The van der Waals surface area contributed by atoms with Gasteiger partial charge in [0.1, 0.15) is 12.7 Å². The van der Waals surface area contributed by atoms with Crippen molar-refractivity contribution < 1.29 is 66.7 Å². The van der Waals surface area contributed by atoms with Crippen LogP contribution in [0.15, 0.2) is 48.6 Å². The van der Waals surface area contributed by atoms with Gasteiger partial charge >= 0.3 is 27.6 Å². The van der Waals surface area contributed by atoms with Crippen LogP contribution in [0.2, 0.25) is 0 Å². The molecule has 16 heteroatoms. The van der Waals surface area contributed by atoms with E-state index in [2.05, 4.69) is 42.0 Å². The van der Waals surface area contributed by atoms with Crippen molar-refractivity contribution in [3.8, 4) is 0 Å². The Labute approximate surface area is 322 Å². The van der Waals surface area contributed by atoms with Crippen LogP contribution < -0.4 is 0 Å². The van der Waals surface area contributed by atoms with E-state index in [1.807, 2.05) is 18.2 Å². The van der Waals surface area contributed by atoms with Crippen molar-refractivity contribution >= 4 is 27.6 Å². The van der Waals surface area contributed by atoms with Crippen molar-refractivity contribution in [3.05, 3.63) is 48.6 Å². The molecule has 2 unspecified atom stereocenters. The second-order valence-electron chi connectivity index (χ2n) is 13.5. The minimum absolute atomic E-state index is 0.00477. The highest BCUT2D eigenvalue weighted by Gasteiger charge is 2.28. The van der Waals surface area contributed by atoms with Crippen molar-refractivity contribution in [1.29, 1.82) is 0 Å². The van der Waals surface area contributed by atoms with E-state index in [1.165, 1.54) is 32.1 Å². The molecule has 0 bridgehead atoms. The topological polar surface area (TPSA) is 216 Å². The van der Waals surface area contributed by atoms with E-state index in [1.54, 1.807) is 18.2 Å². The molecule has 4 atom stereocenters. The number of phosphoric ester groups is 2. The fraction of sp³-hybridized carbons (Fsp3) is 0.737. The maximum atomic E-state index is 12.6. The lowest BCUT2D eigenvalue weighted by molar-refractivity contribution is -0.161. The van der Waals surface area contributed by atoms with Crippen LogP contribution in [0.5, 0.6) is 0 Å². The minimum Gasteiger partial charge on any atom is -0.462 e. The van der Waals surface area contributed by atoms with Crippen LogP contribution in [0.3, 0.4) is 0 Å². The van der Waals surface area contributed by atoms with E-state index in [9.17, 15) is 33.8 Å². The highest BCUT2D eigenvalue weighted by Crippen LogP contribution is 2.43. The number of rotatable bonds is 35. The zero-order chi connectivity index (χ0) is 40.5. The normalized spacial score (nSPS) is 15.4. The fourth-order valence-electron chi connectivity index (χ4n) is 4.72. The SMILES string of the molecule is CCCCC/C=C\C/C=C\CC(O)/C=C\C=C\CCCC(=O)O[C@H](COC(=O)CCCCCCCCC(C)C)COP(=O)(O)OC[C@@H](O)COP(=O)(O)O. The first kappa shape index (κ1) is 52.0. The third-order valence-corrected chi connectivity index (χ3v) is 9.16. The zero-order valence-electron chi connectivity index (χ0n) is 32.6. The molecule has 0 aliphatic carbocycles. The molecule has 0 aromatic rings. The van der Waals surface area contributed by atoms with Gasteiger partial charge < -0.3 is 34.4 Å². The first-order chi connectivity index (χ1) is 25.6. The largest absolute Gasteiger partial charge is 0.472 e. The molecule has 0 saturated carbocycles. The molecule has 0 aliphatic heterocycles. The number of aliphatic hydroxyl groups excluding tert-OH is 2.